The molecule has 3 N–H and O–H groups in total. The number of carboxylic acids is 1. The quantitative estimate of drug-likeness (QED) is 0.703. The minimum absolute atomic E-state index is 0.0211. The fourth-order valence-corrected chi connectivity index (χ4v) is 3.34. The molecule has 0 aromatic rings. The van der Waals surface area contributed by atoms with E-state index in [0.29, 0.717) is 25.3 Å². The molecule has 114 valence electrons. The van der Waals surface area contributed by atoms with Gasteiger partial charge in [0, 0.05) is 31.5 Å². The van der Waals surface area contributed by atoms with Crippen molar-refractivity contribution in [3.05, 3.63) is 0 Å². The van der Waals surface area contributed by atoms with Crippen molar-refractivity contribution >= 4 is 12.0 Å². The minimum Gasteiger partial charge on any atom is -0.481 e. The van der Waals surface area contributed by atoms with Crippen LogP contribution < -0.4 is 5.32 Å². The number of nitrogens with one attached hydrogen (secondary N) is 1. The number of nitrogens with zero attached hydrogens (tertiary/aromatic N) is 1. The van der Waals surface area contributed by atoms with Gasteiger partial charge < -0.3 is 20.4 Å². The third kappa shape index (κ3) is 3.62. The first-order chi connectivity index (χ1) is 9.47. The number of aliphatic hydroxyl groups is 1. The van der Waals surface area contributed by atoms with Crippen LogP contribution in [-0.4, -0.2) is 52.3 Å². The molecular formula is C14H24N2O4. The van der Waals surface area contributed by atoms with Crippen LogP contribution in [0, 0.1) is 11.8 Å². The summed E-state index contributed by atoms with van der Waals surface area (Å²) in [6.45, 7) is 3.26. The summed E-state index contributed by atoms with van der Waals surface area (Å²) in [6, 6.07) is -0.110. The Morgan fingerprint density at radius 1 is 1.35 bits per heavy atom. The Morgan fingerprint density at radius 3 is 2.75 bits per heavy atom. The van der Waals surface area contributed by atoms with Gasteiger partial charge in [0.2, 0.25) is 0 Å². The summed E-state index contributed by atoms with van der Waals surface area (Å²) in [6.07, 6.45) is 2.98. The van der Waals surface area contributed by atoms with Crippen molar-refractivity contribution in [2.45, 2.75) is 51.2 Å². The van der Waals surface area contributed by atoms with E-state index in [1.807, 2.05) is 6.92 Å². The number of hydrogen-bond donors (Lipinski definition) is 3. The lowest BCUT2D eigenvalue weighted by Gasteiger charge is -2.22. The van der Waals surface area contributed by atoms with Crippen LogP contribution >= 0.6 is 0 Å². The molecule has 1 saturated heterocycles. The van der Waals surface area contributed by atoms with Gasteiger partial charge in [0.25, 0.3) is 0 Å². The minimum atomic E-state index is -0.801. The second kappa shape index (κ2) is 6.43. The summed E-state index contributed by atoms with van der Waals surface area (Å²) in [5.74, 6) is -0.119. The zero-order valence-corrected chi connectivity index (χ0v) is 11.9. The van der Waals surface area contributed by atoms with E-state index in [9.17, 15) is 14.7 Å². The first kappa shape index (κ1) is 15.1. The van der Waals surface area contributed by atoms with E-state index in [1.54, 1.807) is 4.90 Å². The SMILES string of the molecule is CC(CCCC(=O)O)NC(=O)N1CC2CCC(O)C2C1. The second-order valence-electron chi connectivity index (χ2n) is 6.11. The molecule has 0 radical (unpaired) electrons. The molecule has 0 aromatic carbocycles. The molecule has 6 nitrogen and oxygen atoms in total. The lowest BCUT2D eigenvalue weighted by atomic mass is 10.00. The topological polar surface area (TPSA) is 89.9 Å². The molecule has 0 spiro atoms. The number of urea groups is 1. The van der Waals surface area contributed by atoms with Crippen molar-refractivity contribution < 1.29 is 19.8 Å². The average Bonchev–Trinajstić information content (AvgIpc) is 2.91. The maximum absolute atomic E-state index is 12.1. The second-order valence-corrected chi connectivity index (χ2v) is 6.11. The number of amides is 2. The molecule has 4 unspecified atom stereocenters. The van der Waals surface area contributed by atoms with Gasteiger partial charge in [-0.3, -0.25) is 4.79 Å². The van der Waals surface area contributed by atoms with E-state index >= 15 is 0 Å². The molecule has 4 atom stereocenters. The smallest absolute Gasteiger partial charge is 0.317 e. The standard InChI is InChI=1S/C14H24N2O4/c1-9(3-2-4-13(18)19)15-14(20)16-7-10-5-6-12(17)11(10)8-16/h9-12,17H,2-8H2,1H3,(H,15,20)(H,18,19). The Morgan fingerprint density at radius 2 is 2.10 bits per heavy atom. The van der Waals surface area contributed by atoms with Crippen molar-refractivity contribution in [2.75, 3.05) is 13.1 Å². The van der Waals surface area contributed by atoms with Crippen molar-refractivity contribution in [2.24, 2.45) is 11.8 Å². The molecule has 0 aromatic heterocycles. The number of carbonyl (C=O) groups excluding carboxylic acids is 1. The highest BCUT2D eigenvalue weighted by molar-refractivity contribution is 5.75. The van der Waals surface area contributed by atoms with Crippen LogP contribution in [0.3, 0.4) is 0 Å². The highest BCUT2D eigenvalue weighted by atomic mass is 16.4. The Balaban J connectivity index is 1.71. The number of aliphatic carboxylic acids is 1. The van der Waals surface area contributed by atoms with Crippen LogP contribution in [0.15, 0.2) is 0 Å². The summed E-state index contributed by atoms with van der Waals surface area (Å²) in [5, 5.41) is 21.3. The fourth-order valence-electron chi connectivity index (χ4n) is 3.34. The van der Waals surface area contributed by atoms with E-state index in [0.717, 1.165) is 19.4 Å². The van der Waals surface area contributed by atoms with Crippen LogP contribution in [0.2, 0.25) is 0 Å². The van der Waals surface area contributed by atoms with Crippen LogP contribution in [0.4, 0.5) is 4.79 Å². The predicted octanol–water partition coefficient (Wildman–Crippen LogP) is 1.04. The van der Waals surface area contributed by atoms with Crippen molar-refractivity contribution in [1.82, 2.24) is 10.2 Å². The van der Waals surface area contributed by atoms with Gasteiger partial charge in [0.05, 0.1) is 6.10 Å². The molecule has 2 fully saturated rings. The van der Waals surface area contributed by atoms with Crippen LogP contribution in [0.5, 0.6) is 0 Å². The summed E-state index contributed by atoms with van der Waals surface area (Å²) in [7, 11) is 0. The van der Waals surface area contributed by atoms with Gasteiger partial charge in [0.1, 0.15) is 0 Å². The first-order valence-electron chi connectivity index (χ1n) is 7.42. The van der Waals surface area contributed by atoms with Gasteiger partial charge in [-0.2, -0.15) is 0 Å². The number of likely N-dealkylation sites (tertiary alicyclic amines) is 1. The van der Waals surface area contributed by atoms with Crippen molar-refractivity contribution in [3.8, 4) is 0 Å². The van der Waals surface area contributed by atoms with Crippen molar-refractivity contribution in [1.29, 1.82) is 0 Å². The Hall–Kier alpha value is -1.30. The number of carboxylic acid groups (broad SMARTS) is 1. The van der Waals surface area contributed by atoms with E-state index in [4.69, 9.17) is 5.11 Å². The zero-order valence-electron chi connectivity index (χ0n) is 11.9. The molecule has 2 aliphatic rings. The first-order valence-corrected chi connectivity index (χ1v) is 7.42. The number of fused-ring (bicyclic) bond motifs is 1. The molecule has 6 heteroatoms. The van der Waals surface area contributed by atoms with Crippen molar-refractivity contribution in [3.63, 3.8) is 0 Å². The Bertz CT molecular complexity index is 374. The van der Waals surface area contributed by atoms with E-state index in [-0.39, 0.29) is 30.5 Å². The molecule has 2 rings (SSSR count). The third-order valence-electron chi connectivity index (χ3n) is 4.50. The number of rotatable bonds is 5. The number of carbonyl (C=O) groups is 2. The Labute approximate surface area is 119 Å². The van der Waals surface area contributed by atoms with Crippen LogP contribution in [0.1, 0.15) is 39.0 Å². The van der Waals surface area contributed by atoms with Gasteiger partial charge in [-0.25, -0.2) is 4.79 Å². The molecule has 20 heavy (non-hydrogen) atoms. The Kier molecular flexibility index (Phi) is 4.86. The van der Waals surface area contributed by atoms with E-state index < -0.39 is 5.97 Å². The predicted molar refractivity (Wildman–Crippen MR) is 73.3 cm³/mol. The molecule has 1 aliphatic heterocycles. The average molecular weight is 284 g/mol. The molecule has 2 amide bonds. The molecule has 1 saturated carbocycles. The summed E-state index contributed by atoms with van der Waals surface area (Å²) >= 11 is 0. The lowest BCUT2D eigenvalue weighted by molar-refractivity contribution is -0.137. The van der Waals surface area contributed by atoms with Gasteiger partial charge in [-0.05, 0) is 38.5 Å². The lowest BCUT2D eigenvalue weighted by Crippen LogP contribution is -2.43. The maximum Gasteiger partial charge on any atom is 0.317 e. The molecule has 1 aliphatic carbocycles. The fraction of sp³-hybridized carbons (Fsp3) is 0.857. The zero-order chi connectivity index (χ0) is 14.7. The molecule has 0 bridgehead atoms. The summed E-state index contributed by atoms with van der Waals surface area (Å²) in [5.41, 5.74) is 0. The van der Waals surface area contributed by atoms with Gasteiger partial charge >= 0.3 is 12.0 Å². The number of hydrogen-bond acceptors (Lipinski definition) is 3. The third-order valence-corrected chi connectivity index (χ3v) is 4.50. The van der Waals surface area contributed by atoms with E-state index in [2.05, 4.69) is 5.32 Å². The normalized spacial score (nSPS) is 30.1. The summed E-state index contributed by atoms with van der Waals surface area (Å²) in [4.78, 5) is 24.3. The van der Waals surface area contributed by atoms with Crippen LogP contribution in [0.25, 0.3) is 0 Å². The van der Waals surface area contributed by atoms with Crippen LogP contribution in [-0.2, 0) is 4.79 Å². The highest BCUT2D eigenvalue weighted by Crippen LogP contribution is 2.37. The summed E-state index contributed by atoms with van der Waals surface area (Å²) < 4.78 is 0. The maximum atomic E-state index is 12.1. The highest BCUT2D eigenvalue weighted by Gasteiger charge is 2.43. The molecule has 1 heterocycles. The largest absolute Gasteiger partial charge is 0.481 e. The van der Waals surface area contributed by atoms with Gasteiger partial charge in [-0.15, -0.1) is 0 Å². The van der Waals surface area contributed by atoms with Gasteiger partial charge in [0.15, 0.2) is 0 Å². The molecular weight excluding hydrogens is 260 g/mol. The monoisotopic (exact) mass is 284 g/mol. The number of aliphatic hydroxyl groups excluding tert-OH is 1. The van der Waals surface area contributed by atoms with Gasteiger partial charge in [-0.1, -0.05) is 0 Å². The van der Waals surface area contributed by atoms with E-state index in [1.165, 1.54) is 0 Å².